The lowest BCUT2D eigenvalue weighted by molar-refractivity contribution is -0.138. The average Bonchev–Trinajstić information content (AvgIpc) is 2.38. The Morgan fingerprint density at radius 1 is 1.38 bits per heavy atom. The molecular weight excluding hydrogens is 291 g/mol. The molecule has 1 unspecified atom stereocenters. The number of nitrogens with zero attached hydrogens (tertiary/aromatic N) is 1. The third-order valence-electron chi connectivity index (χ3n) is 4.00. The van der Waals surface area contributed by atoms with Gasteiger partial charge in [0, 0.05) is 19.0 Å². The molecule has 21 heavy (non-hydrogen) atoms. The van der Waals surface area contributed by atoms with Crippen molar-refractivity contribution in [1.29, 1.82) is 0 Å². The molecular formula is C16H24ClFN2O. The lowest BCUT2D eigenvalue weighted by Crippen LogP contribution is -2.50. The Balaban J connectivity index is 0.00000220. The van der Waals surface area contributed by atoms with Crippen LogP contribution >= 0.6 is 12.4 Å². The van der Waals surface area contributed by atoms with Crippen LogP contribution in [0.1, 0.15) is 25.8 Å². The normalized spacial score (nSPS) is 15.8. The predicted molar refractivity (Wildman–Crippen MR) is 84.9 cm³/mol. The highest BCUT2D eigenvalue weighted by Gasteiger charge is 2.31. The molecule has 1 heterocycles. The summed E-state index contributed by atoms with van der Waals surface area (Å²) in [7, 11) is 0. The van der Waals surface area contributed by atoms with Crippen molar-refractivity contribution in [2.24, 2.45) is 11.8 Å². The van der Waals surface area contributed by atoms with E-state index in [1.54, 1.807) is 12.1 Å². The van der Waals surface area contributed by atoms with Crippen molar-refractivity contribution in [3.8, 4) is 0 Å². The Labute approximate surface area is 132 Å². The Morgan fingerprint density at radius 3 is 2.48 bits per heavy atom. The minimum Gasteiger partial charge on any atom is -0.338 e. The van der Waals surface area contributed by atoms with Gasteiger partial charge in [-0.25, -0.2) is 4.39 Å². The molecule has 1 aliphatic heterocycles. The van der Waals surface area contributed by atoms with Gasteiger partial charge in [-0.05, 0) is 43.1 Å². The molecule has 0 spiro atoms. The Hall–Kier alpha value is -1.13. The first-order chi connectivity index (χ1) is 9.61. The highest BCUT2D eigenvalue weighted by atomic mass is 35.5. The van der Waals surface area contributed by atoms with E-state index in [1.165, 1.54) is 12.1 Å². The van der Waals surface area contributed by atoms with Crippen molar-refractivity contribution < 1.29 is 9.18 Å². The van der Waals surface area contributed by atoms with E-state index in [9.17, 15) is 9.18 Å². The second-order valence-corrected chi connectivity index (χ2v) is 5.59. The van der Waals surface area contributed by atoms with Gasteiger partial charge in [-0.3, -0.25) is 4.79 Å². The van der Waals surface area contributed by atoms with Crippen molar-refractivity contribution >= 4 is 18.3 Å². The van der Waals surface area contributed by atoms with E-state index < -0.39 is 0 Å². The van der Waals surface area contributed by atoms with Gasteiger partial charge in [0.05, 0.1) is 0 Å². The summed E-state index contributed by atoms with van der Waals surface area (Å²) in [4.78, 5) is 14.5. The van der Waals surface area contributed by atoms with Crippen LogP contribution in [-0.4, -0.2) is 30.4 Å². The number of nitrogens with one attached hydrogen (secondary N) is 1. The minimum atomic E-state index is -0.240. The summed E-state index contributed by atoms with van der Waals surface area (Å²) in [5.41, 5.74) is 0.979. The zero-order valence-electron chi connectivity index (χ0n) is 12.6. The van der Waals surface area contributed by atoms with Gasteiger partial charge in [-0.2, -0.15) is 0 Å². The summed E-state index contributed by atoms with van der Waals surface area (Å²) in [6.07, 6.45) is 0.933. The molecule has 0 bridgehead atoms. The molecule has 118 valence electrons. The third kappa shape index (κ3) is 4.68. The van der Waals surface area contributed by atoms with Gasteiger partial charge in [-0.15, -0.1) is 12.4 Å². The van der Waals surface area contributed by atoms with Gasteiger partial charge in [-0.1, -0.05) is 26.0 Å². The molecule has 0 aromatic heterocycles. The van der Waals surface area contributed by atoms with Crippen LogP contribution in [-0.2, 0) is 11.3 Å². The van der Waals surface area contributed by atoms with Gasteiger partial charge in [0.1, 0.15) is 5.82 Å². The summed E-state index contributed by atoms with van der Waals surface area (Å²) in [6.45, 7) is 7.27. The minimum absolute atomic E-state index is 0. The Morgan fingerprint density at radius 2 is 2.00 bits per heavy atom. The van der Waals surface area contributed by atoms with Crippen molar-refractivity contribution in [3.63, 3.8) is 0 Å². The summed E-state index contributed by atoms with van der Waals surface area (Å²) < 4.78 is 12.9. The fourth-order valence-electron chi connectivity index (χ4n) is 2.50. The van der Waals surface area contributed by atoms with Crippen molar-refractivity contribution in [1.82, 2.24) is 10.2 Å². The summed E-state index contributed by atoms with van der Waals surface area (Å²) in [6, 6.07) is 6.40. The van der Waals surface area contributed by atoms with E-state index >= 15 is 0 Å². The van der Waals surface area contributed by atoms with E-state index in [-0.39, 0.29) is 30.0 Å². The lowest BCUT2D eigenvalue weighted by atomic mass is 9.88. The van der Waals surface area contributed by atoms with Crippen LogP contribution in [0.25, 0.3) is 0 Å². The first-order valence-corrected chi connectivity index (χ1v) is 7.35. The SMILES string of the molecule is CCCN(Cc1ccc(F)cc1)C(=O)C(C)C1CNC1.Cl. The van der Waals surface area contributed by atoms with Gasteiger partial charge in [0.2, 0.25) is 5.91 Å². The van der Waals surface area contributed by atoms with Crippen molar-refractivity contribution in [2.45, 2.75) is 26.8 Å². The maximum absolute atomic E-state index is 12.9. The van der Waals surface area contributed by atoms with Crippen LogP contribution in [0.4, 0.5) is 4.39 Å². The van der Waals surface area contributed by atoms with E-state index in [4.69, 9.17) is 0 Å². The second-order valence-electron chi connectivity index (χ2n) is 5.59. The molecule has 5 heteroatoms. The van der Waals surface area contributed by atoms with E-state index in [0.29, 0.717) is 12.5 Å². The highest BCUT2D eigenvalue weighted by Crippen LogP contribution is 2.20. The molecule has 3 nitrogen and oxygen atoms in total. The average molecular weight is 315 g/mol. The number of rotatable bonds is 6. The van der Waals surface area contributed by atoms with Gasteiger partial charge >= 0.3 is 0 Å². The molecule has 1 amide bonds. The molecule has 1 atom stereocenters. The number of hydrogen-bond acceptors (Lipinski definition) is 2. The van der Waals surface area contributed by atoms with Crippen LogP contribution in [0.5, 0.6) is 0 Å². The summed E-state index contributed by atoms with van der Waals surface area (Å²) in [5.74, 6) is 0.483. The molecule has 1 fully saturated rings. The molecule has 0 aliphatic carbocycles. The third-order valence-corrected chi connectivity index (χ3v) is 4.00. The standard InChI is InChI=1S/C16H23FN2O.ClH/c1-3-8-19(11-13-4-6-15(17)7-5-13)16(20)12(2)14-9-18-10-14;/h4-7,12,14,18H,3,8-11H2,1-2H3;1H. The second kappa shape index (κ2) is 8.35. The summed E-state index contributed by atoms with van der Waals surface area (Å²) >= 11 is 0. The Kier molecular flexibility index (Phi) is 7.12. The van der Waals surface area contributed by atoms with Crippen molar-refractivity contribution in [2.75, 3.05) is 19.6 Å². The van der Waals surface area contributed by atoms with E-state index in [0.717, 1.165) is 31.6 Å². The lowest BCUT2D eigenvalue weighted by Gasteiger charge is -2.35. The van der Waals surface area contributed by atoms with Crippen LogP contribution in [0.2, 0.25) is 0 Å². The number of carbonyl (C=O) groups excluding carboxylic acids is 1. The van der Waals surface area contributed by atoms with Gasteiger partial charge < -0.3 is 10.2 Å². The smallest absolute Gasteiger partial charge is 0.226 e. The van der Waals surface area contributed by atoms with Crippen LogP contribution in [0.15, 0.2) is 24.3 Å². The van der Waals surface area contributed by atoms with E-state index in [2.05, 4.69) is 12.2 Å². The molecule has 1 aliphatic rings. The zero-order chi connectivity index (χ0) is 14.5. The van der Waals surface area contributed by atoms with Gasteiger partial charge in [0.25, 0.3) is 0 Å². The Bertz CT molecular complexity index is 448. The van der Waals surface area contributed by atoms with Crippen LogP contribution in [0, 0.1) is 17.7 Å². The fourth-order valence-corrected chi connectivity index (χ4v) is 2.50. The first-order valence-electron chi connectivity index (χ1n) is 7.35. The largest absolute Gasteiger partial charge is 0.338 e. The molecule has 0 radical (unpaired) electrons. The number of carbonyl (C=O) groups is 1. The van der Waals surface area contributed by atoms with Gasteiger partial charge in [0.15, 0.2) is 0 Å². The molecule has 0 saturated carbocycles. The maximum Gasteiger partial charge on any atom is 0.226 e. The van der Waals surface area contributed by atoms with Crippen molar-refractivity contribution in [3.05, 3.63) is 35.6 Å². The number of amides is 1. The number of halogens is 2. The predicted octanol–water partition coefficient (Wildman–Crippen LogP) is 2.84. The molecule has 1 saturated heterocycles. The highest BCUT2D eigenvalue weighted by molar-refractivity contribution is 5.85. The summed E-state index contributed by atoms with van der Waals surface area (Å²) in [5, 5.41) is 3.21. The molecule has 1 aromatic rings. The maximum atomic E-state index is 12.9. The molecule has 2 rings (SSSR count). The zero-order valence-corrected chi connectivity index (χ0v) is 13.5. The topological polar surface area (TPSA) is 32.3 Å². The van der Waals surface area contributed by atoms with Crippen LogP contribution in [0.3, 0.4) is 0 Å². The quantitative estimate of drug-likeness (QED) is 0.875. The molecule has 1 aromatic carbocycles. The number of hydrogen-bond donors (Lipinski definition) is 1. The number of benzene rings is 1. The molecule has 1 N–H and O–H groups in total. The van der Waals surface area contributed by atoms with E-state index in [1.807, 2.05) is 11.8 Å². The first kappa shape index (κ1) is 17.9. The van der Waals surface area contributed by atoms with Crippen LogP contribution < -0.4 is 5.32 Å². The monoisotopic (exact) mass is 314 g/mol. The fraction of sp³-hybridized carbons (Fsp3) is 0.562.